The normalized spacial score (nSPS) is 11.4. The molecule has 1 aromatic rings. The van der Waals surface area contributed by atoms with Crippen LogP contribution < -0.4 is 10.1 Å². The summed E-state index contributed by atoms with van der Waals surface area (Å²) in [6.07, 6.45) is 0. The van der Waals surface area contributed by atoms with E-state index in [1.54, 1.807) is 12.1 Å². The second kappa shape index (κ2) is 6.34. The van der Waals surface area contributed by atoms with Gasteiger partial charge in [-0.15, -0.1) is 0 Å². The summed E-state index contributed by atoms with van der Waals surface area (Å²) < 4.78 is 19.6. The lowest BCUT2D eigenvalue weighted by molar-refractivity contribution is 0.324. The van der Waals surface area contributed by atoms with Crippen molar-refractivity contribution in [1.82, 2.24) is 5.32 Å². The molecule has 0 amide bonds. The molecule has 0 spiro atoms. The Morgan fingerprint density at radius 3 is 2.72 bits per heavy atom. The lowest BCUT2D eigenvalue weighted by atomic mass is 10.1. The minimum atomic E-state index is -0.366. The van der Waals surface area contributed by atoms with Gasteiger partial charge in [0.1, 0.15) is 6.61 Å². The Labute approximate surface area is 116 Å². The Kier molecular flexibility index (Phi) is 5.35. The third-order valence-corrected chi connectivity index (χ3v) is 2.69. The molecule has 0 aliphatic heterocycles. The molecule has 0 radical (unpaired) electrons. The molecule has 18 heavy (non-hydrogen) atoms. The van der Waals surface area contributed by atoms with Crippen LogP contribution in [0.15, 0.2) is 34.8 Å². The smallest absolute Gasteiger partial charge is 0.165 e. The van der Waals surface area contributed by atoms with Gasteiger partial charge in [-0.3, -0.25) is 0 Å². The fourth-order valence-electron chi connectivity index (χ4n) is 1.21. The molecule has 0 aliphatic rings. The van der Waals surface area contributed by atoms with Crippen LogP contribution in [0.5, 0.6) is 5.75 Å². The van der Waals surface area contributed by atoms with Gasteiger partial charge in [0, 0.05) is 16.6 Å². The third-order valence-electron chi connectivity index (χ3n) is 2.19. The number of hydrogen-bond acceptors (Lipinski definition) is 2. The van der Waals surface area contributed by atoms with Gasteiger partial charge in [0.2, 0.25) is 0 Å². The molecule has 4 heteroatoms. The maximum atomic E-state index is 13.4. The summed E-state index contributed by atoms with van der Waals surface area (Å²) in [5.74, 6) is -0.129. The van der Waals surface area contributed by atoms with E-state index < -0.39 is 0 Å². The molecule has 1 aromatic carbocycles. The van der Waals surface area contributed by atoms with Gasteiger partial charge < -0.3 is 10.1 Å². The van der Waals surface area contributed by atoms with Crippen LogP contribution in [-0.2, 0) is 0 Å². The summed E-state index contributed by atoms with van der Waals surface area (Å²) in [6.45, 7) is 11.1. The van der Waals surface area contributed by atoms with Crippen LogP contribution in [0.3, 0.4) is 0 Å². The Bertz CT molecular complexity index is 426. The summed E-state index contributed by atoms with van der Waals surface area (Å²) in [5, 5.41) is 3.30. The minimum absolute atomic E-state index is 0.0317. The van der Waals surface area contributed by atoms with E-state index in [4.69, 9.17) is 4.74 Å². The SMILES string of the molecule is C=C(CNC(C)(C)C)COc1cc(Br)ccc1F. The predicted octanol–water partition coefficient (Wildman–Crippen LogP) is 3.91. The number of ether oxygens (including phenoxy) is 1. The van der Waals surface area contributed by atoms with Crippen molar-refractivity contribution in [1.29, 1.82) is 0 Å². The van der Waals surface area contributed by atoms with Crippen LogP contribution in [0.4, 0.5) is 4.39 Å². The van der Waals surface area contributed by atoms with E-state index in [0.29, 0.717) is 13.2 Å². The second-order valence-electron chi connectivity index (χ2n) is 5.22. The quantitative estimate of drug-likeness (QED) is 0.832. The second-order valence-corrected chi connectivity index (χ2v) is 6.13. The molecule has 1 N–H and O–H groups in total. The largest absolute Gasteiger partial charge is 0.486 e. The van der Waals surface area contributed by atoms with Gasteiger partial charge in [-0.25, -0.2) is 4.39 Å². The Balaban J connectivity index is 2.45. The zero-order chi connectivity index (χ0) is 13.8. The fourth-order valence-corrected chi connectivity index (χ4v) is 1.55. The first-order chi connectivity index (χ1) is 8.28. The van der Waals surface area contributed by atoms with Gasteiger partial charge >= 0.3 is 0 Å². The summed E-state index contributed by atoms with van der Waals surface area (Å²) in [4.78, 5) is 0. The molecule has 2 nitrogen and oxygen atoms in total. The average Bonchev–Trinajstić information content (AvgIpc) is 2.26. The van der Waals surface area contributed by atoms with Gasteiger partial charge in [-0.1, -0.05) is 22.5 Å². The van der Waals surface area contributed by atoms with E-state index in [2.05, 4.69) is 48.6 Å². The van der Waals surface area contributed by atoms with Crippen LogP contribution >= 0.6 is 15.9 Å². The molecule has 0 unspecified atom stereocenters. The van der Waals surface area contributed by atoms with Crippen molar-refractivity contribution in [3.05, 3.63) is 40.6 Å². The summed E-state index contributed by atoms with van der Waals surface area (Å²) in [5.41, 5.74) is 0.911. The highest BCUT2D eigenvalue weighted by Crippen LogP contribution is 2.22. The lowest BCUT2D eigenvalue weighted by Gasteiger charge is -2.21. The number of hydrogen-bond donors (Lipinski definition) is 1. The number of halogens is 2. The maximum absolute atomic E-state index is 13.4. The van der Waals surface area contributed by atoms with Crippen LogP contribution in [0.2, 0.25) is 0 Å². The van der Waals surface area contributed by atoms with E-state index in [-0.39, 0.29) is 17.1 Å². The summed E-state index contributed by atoms with van der Waals surface area (Å²) in [7, 11) is 0. The van der Waals surface area contributed by atoms with Crippen molar-refractivity contribution in [2.75, 3.05) is 13.2 Å². The fraction of sp³-hybridized carbons (Fsp3) is 0.429. The number of nitrogens with one attached hydrogen (secondary N) is 1. The Hall–Kier alpha value is -0.870. The Morgan fingerprint density at radius 1 is 1.44 bits per heavy atom. The van der Waals surface area contributed by atoms with Gasteiger partial charge in [0.05, 0.1) is 0 Å². The van der Waals surface area contributed by atoms with Crippen LogP contribution in [-0.4, -0.2) is 18.7 Å². The van der Waals surface area contributed by atoms with E-state index >= 15 is 0 Å². The first kappa shape index (κ1) is 15.2. The highest BCUT2D eigenvalue weighted by molar-refractivity contribution is 9.10. The number of rotatable bonds is 5. The van der Waals surface area contributed by atoms with Gasteiger partial charge in [0.15, 0.2) is 11.6 Å². The zero-order valence-electron chi connectivity index (χ0n) is 11.0. The van der Waals surface area contributed by atoms with Gasteiger partial charge in [-0.2, -0.15) is 0 Å². The molecule has 0 atom stereocenters. The third kappa shape index (κ3) is 5.65. The number of benzene rings is 1. The molecule has 0 saturated heterocycles. The molecule has 1 rings (SSSR count). The van der Waals surface area contributed by atoms with E-state index in [1.807, 2.05) is 0 Å². The molecule has 100 valence electrons. The van der Waals surface area contributed by atoms with E-state index in [9.17, 15) is 4.39 Å². The van der Waals surface area contributed by atoms with Gasteiger partial charge in [-0.05, 0) is 44.5 Å². The van der Waals surface area contributed by atoms with Crippen LogP contribution in [0.1, 0.15) is 20.8 Å². The Morgan fingerprint density at radius 2 is 2.11 bits per heavy atom. The van der Waals surface area contributed by atoms with Crippen molar-refractivity contribution < 1.29 is 9.13 Å². The molecule has 0 fully saturated rings. The standard InChI is InChI=1S/C14H19BrFNO/c1-10(8-17-14(2,3)4)9-18-13-7-11(15)5-6-12(13)16/h5-7,17H,1,8-9H2,2-4H3. The van der Waals surface area contributed by atoms with Crippen LogP contribution in [0.25, 0.3) is 0 Å². The van der Waals surface area contributed by atoms with Gasteiger partial charge in [0.25, 0.3) is 0 Å². The van der Waals surface area contributed by atoms with Crippen LogP contribution in [0, 0.1) is 5.82 Å². The first-order valence-electron chi connectivity index (χ1n) is 5.77. The summed E-state index contributed by atoms with van der Waals surface area (Å²) in [6, 6.07) is 4.62. The van der Waals surface area contributed by atoms with Crippen molar-refractivity contribution in [2.45, 2.75) is 26.3 Å². The van der Waals surface area contributed by atoms with Crippen molar-refractivity contribution in [3.8, 4) is 5.75 Å². The molecule has 0 heterocycles. The molecule has 0 bridgehead atoms. The molecular weight excluding hydrogens is 297 g/mol. The molecule has 0 saturated carbocycles. The zero-order valence-corrected chi connectivity index (χ0v) is 12.6. The predicted molar refractivity (Wildman–Crippen MR) is 76.5 cm³/mol. The monoisotopic (exact) mass is 315 g/mol. The molecular formula is C14H19BrFNO. The highest BCUT2D eigenvalue weighted by Gasteiger charge is 2.09. The van der Waals surface area contributed by atoms with E-state index in [1.165, 1.54) is 6.07 Å². The van der Waals surface area contributed by atoms with Crippen molar-refractivity contribution >= 4 is 15.9 Å². The molecule has 0 aromatic heterocycles. The van der Waals surface area contributed by atoms with E-state index in [0.717, 1.165) is 10.0 Å². The average molecular weight is 316 g/mol. The summed E-state index contributed by atoms with van der Waals surface area (Å²) >= 11 is 3.28. The lowest BCUT2D eigenvalue weighted by Crippen LogP contribution is -2.37. The topological polar surface area (TPSA) is 21.3 Å². The minimum Gasteiger partial charge on any atom is -0.486 e. The molecule has 0 aliphatic carbocycles. The highest BCUT2D eigenvalue weighted by atomic mass is 79.9. The maximum Gasteiger partial charge on any atom is 0.165 e. The van der Waals surface area contributed by atoms with Crippen molar-refractivity contribution in [2.24, 2.45) is 0 Å². The first-order valence-corrected chi connectivity index (χ1v) is 6.57. The van der Waals surface area contributed by atoms with Crippen molar-refractivity contribution in [3.63, 3.8) is 0 Å².